The molecule has 30 heavy (non-hydrogen) atoms. The Hall–Kier alpha value is -3.18. The van der Waals surface area contributed by atoms with Crippen LogP contribution in [0.25, 0.3) is 5.69 Å². The molecule has 0 aliphatic rings. The van der Waals surface area contributed by atoms with Crippen molar-refractivity contribution in [3.63, 3.8) is 0 Å². The van der Waals surface area contributed by atoms with Crippen molar-refractivity contribution in [3.8, 4) is 5.69 Å². The number of hydrazone groups is 1. The fourth-order valence-electron chi connectivity index (χ4n) is 2.90. The lowest BCUT2D eigenvalue weighted by molar-refractivity contribution is -0.137. The molecular formula is C19H18F3N5O2S. The van der Waals surface area contributed by atoms with E-state index in [2.05, 4.69) is 15.5 Å². The van der Waals surface area contributed by atoms with Crippen molar-refractivity contribution in [2.24, 2.45) is 10.2 Å². The van der Waals surface area contributed by atoms with Gasteiger partial charge in [0.15, 0.2) is 0 Å². The third kappa shape index (κ3) is 4.69. The largest absolute Gasteiger partial charge is 0.417 e. The molecule has 0 radical (unpaired) electrons. The maximum atomic E-state index is 12.6. The van der Waals surface area contributed by atoms with Crippen LogP contribution in [-0.4, -0.2) is 24.2 Å². The first kappa shape index (κ1) is 21.5. The summed E-state index contributed by atoms with van der Waals surface area (Å²) in [4.78, 5) is 3.71. The third-order valence-corrected chi connectivity index (χ3v) is 5.30. The minimum absolute atomic E-state index is 0.0174. The average Bonchev–Trinajstić information content (AvgIpc) is 2.94. The zero-order valence-electron chi connectivity index (χ0n) is 16.0. The lowest BCUT2D eigenvalue weighted by atomic mass is 10.2. The van der Waals surface area contributed by atoms with Crippen LogP contribution in [0, 0.1) is 13.8 Å². The molecule has 158 valence electrons. The molecule has 3 rings (SSSR count). The van der Waals surface area contributed by atoms with Gasteiger partial charge in [-0.25, -0.2) is 18.5 Å². The van der Waals surface area contributed by atoms with Crippen molar-refractivity contribution >= 4 is 22.1 Å². The van der Waals surface area contributed by atoms with Gasteiger partial charge in [-0.1, -0.05) is 0 Å². The van der Waals surface area contributed by atoms with Gasteiger partial charge in [0, 0.05) is 28.8 Å². The van der Waals surface area contributed by atoms with Gasteiger partial charge in [-0.05, 0) is 56.3 Å². The van der Waals surface area contributed by atoms with Crippen molar-refractivity contribution < 1.29 is 21.6 Å². The molecule has 0 unspecified atom stereocenters. The lowest BCUT2D eigenvalue weighted by Crippen LogP contribution is -2.12. The summed E-state index contributed by atoms with van der Waals surface area (Å²) in [5.41, 5.74) is 4.98. The van der Waals surface area contributed by atoms with E-state index in [1.165, 1.54) is 24.4 Å². The van der Waals surface area contributed by atoms with Crippen LogP contribution in [0.1, 0.15) is 22.5 Å². The second-order valence-corrected chi connectivity index (χ2v) is 8.06. The highest BCUT2D eigenvalue weighted by atomic mass is 32.2. The van der Waals surface area contributed by atoms with Crippen LogP contribution in [-0.2, 0) is 16.2 Å². The number of nitrogens with two attached hydrogens (primary N) is 1. The summed E-state index contributed by atoms with van der Waals surface area (Å²) >= 11 is 0. The number of rotatable bonds is 5. The minimum atomic E-state index is -4.45. The number of benzene rings is 1. The zero-order chi connectivity index (χ0) is 22.1. The minimum Gasteiger partial charge on any atom is -0.318 e. The summed E-state index contributed by atoms with van der Waals surface area (Å²) in [6, 6.07) is 10.1. The number of halogens is 3. The molecule has 2 heterocycles. The number of nitrogens with zero attached hydrogens (tertiary/aromatic N) is 3. The first-order valence-corrected chi connectivity index (χ1v) is 10.2. The van der Waals surface area contributed by atoms with Gasteiger partial charge in [-0.3, -0.25) is 5.43 Å². The van der Waals surface area contributed by atoms with Crippen molar-refractivity contribution in [1.82, 2.24) is 9.55 Å². The maximum absolute atomic E-state index is 12.6. The van der Waals surface area contributed by atoms with Crippen molar-refractivity contribution in [2.75, 3.05) is 5.43 Å². The smallest absolute Gasteiger partial charge is 0.318 e. The van der Waals surface area contributed by atoms with Gasteiger partial charge in [0.1, 0.15) is 5.82 Å². The Kier molecular flexibility index (Phi) is 5.68. The number of sulfonamides is 1. The van der Waals surface area contributed by atoms with E-state index in [1.807, 2.05) is 24.5 Å². The molecule has 0 saturated heterocycles. The highest BCUT2D eigenvalue weighted by Crippen LogP contribution is 2.28. The van der Waals surface area contributed by atoms with Crippen LogP contribution in [0.4, 0.5) is 19.0 Å². The topological polar surface area (TPSA) is 102 Å². The molecule has 7 nitrogen and oxygen atoms in total. The predicted molar refractivity (Wildman–Crippen MR) is 107 cm³/mol. The monoisotopic (exact) mass is 437 g/mol. The Balaban J connectivity index is 1.78. The van der Waals surface area contributed by atoms with Gasteiger partial charge in [0.2, 0.25) is 10.0 Å². The third-order valence-electron chi connectivity index (χ3n) is 4.37. The van der Waals surface area contributed by atoms with E-state index < -0.39 is 21.8 Å². The first-order chi connectivity index (χ1) is 14.0. The van der Waals surface area contributed by atoms with E-state index in [0.29, 0.717) is 0 Å². The average molecular weight is 437 g/mol. The Morgan fingerprint density at radius 2 is 1.80 bits per heavy atom. The van der Waals surface area contributed by atoms with Gasteiger partial charge in [0.25, 0.3) is 0 Å². The molecule has 0 saturated carbocycles. The summed E-state index contributed by atoms with van der Waals surface area (Å²) in [6.07, 6.45) is -2.19. The number of hydrogen-bond donors (Lipinski definition) is 2. The number of aromatic nitrogens is 2. The lowest BCUT2D eigenvalue weighted by Gasteiger charge is -2.10. The quantitative estimate of drug-likeness (QED) is 0.470. The maximum Gasteiger partial charge on any atom is 0.417 e. The number of hydrogen-bond acceptors (Lipinski definition) is 5. The highest BCUT2D eigenvalue weighted by molar-refractivity contribution is 7.89. The summed E-state index contributed by atoms with van der Waals surface area (Å²) in [6.45, 7) is 3.74. The molecule has 0 spiro atoms. The van der Waals surface area contributed by atoms with Crippen LogP contribution < -0.4 is 10.6 Å². The van der Waals surface area contributed by atoms with Crippen LogP contribution in [0.5, 0.6) is 0 Å². The molecule has 0 aliphatic heterocycles. The molecular weight excluding hydrogens is 419 g/mol. The van der Waals surface area contributed by atoms with E-state index in [-0.39, 0.29) is 10.7 Å². The standard InChI is InChI=1S/C19H18F3N5O2S/c1-12-9-14(10-25-26-18-8-3-15(11-24-18)19(20,21)22)13(2)27(12)16-4-6-17(7-5-16)30(23,28)29/h3-11H,1-2H3,(H,24,26)(H2,23,28,29)/b25-10-. The fourth-order valence-corrected chi connectivity index (χ4v) is 3.41. The number of nitrogens with one attached hydrogen (secondary N) is 1. The summed E-state index contributed by atoms with van der Waals surface area (Å²) in [5, 5.41) is 9.15. The van der Waals surface area contributed by atoms with Gasteiger partial charge in [-0.15, -0.1) is 0 Å². The molecule has 3 aromatic rings. The molecule has 1 aromatic carbocycles. The van der Waals surface area contributed by atoms with Crippen molar-refractivity contribution in [2.45, 2.75) is 24.9 Å². The molecule has 11 heteroatoms. The number of alkyl halides is 3. The summed E-state index contributed by atoms with van der Waals surface area (Å²) in [5.74, 6) is 0.173. The second kappa shape index (κ2) is 7.92. The zero-order valence-corrected chi connectivity index (χ0v) is 16.8. The number of primary sulfonamides is 1. The van der Waals surface area contributed by atoms with Crippen molar-refractivity contribution in [3.05, 3.63) is 71.2 Å². The van der Waals surface area contributed by atoms with Gasteiger partial charge in [0.05, 0.1) is 16.7 Å². The second-order valence-electron chi connectivity index (χ2n) is 6.50. The van der Waals surface area contributed by atoms with E-state index in [0.717, 1.165) is 34.9 Å². The molecule has 0 atom stereocenters. The Bertz CT molecular complexity index is 1180. The van der Waals surface area contributed by atoms with E-state index >= 15 is 0 Å². The van der Waals surface area contributed by atoms with Crippen LogP contribution >= 0.6 is 0 Å². The predicted octanol–water partition coefficient (Wildman–Crippen LogP) is 3.60. The molecule has 0 aliphatic carbocycles. The number of pyridine rings is 1. The SMILES string of the molecule is Cc1cc(/C=N\Nc2ccc(C(F)(F)F)cn2)c(C)n1-c1ccc(S(N)(=O)=O)cc1. The normalized spacial score (nSPS) is 12.5. The molecule has 0 bridgehead atoms. The van der Waals surface area contributed by atoms with Crippen LogP contribution in [0.2, 0.25) is 0 Å². The fraction of sp³-hybridized carbons (Fsp3) is 0.158. The Morgan fingerprint density at radius 3 is 2.33 bits per heavy atom. The molecule has 0 amide bonds. The van der Waals surface area contributed by atoms with E-state index in [1.54, 1.807) is 12.1 Å². The molecule has 2 aromatic heterocycles. The highest BCUT2D eigenvalue weighted by Gasteiger charge is 2.30. The van der Waals surface area contributed by atoms with Crippen LogP contribution in [0.3, 0.4) is 0 Å². The van der Waals surface area contributed by atoms with Crippen LogP contribution in [0.15, 0.2) is 58.7 Å². The molecule has 0 fully saturated rings. The Morgan fingerprint density at radius 1 is 1.13 bits per heavy atom. The van der Waals surface area contributed by atoms with Gasteiger partial charge >= 0.3 is 6.18 Å². The Labute approximate surface area is 171 Å². The van der Waals surface area contributed by atoms with Crippen molar-refractivity contribution in [1.29, 1.82) is 0 Å². The van der Waals surface area contributed by atoms with E-state index in [9.17, 15) is 21.6 Å². The summed E-state index contributed by atoms with van der Waals surface area (Å²) < 4.78 is 62.4. The summed E-state index contributed by atoms with van der Waals surface area (Å²) in [7, 11) is -3.77. The van der Waals surface area contributed by atoms with E-state index in [4.69, 9.17) is 5.14 Å². The number of anilines is 1. The van der Waals surface area contributed by atoms with Gasteiger partial charge in [-0.2, -0.15) is 18.3 Å². The molecule has 3 N–H and O–H groups in total. The number of aryl methyl sites for hydroxylation is 1. The van der Waals surface area contributed by atoms with Gasteiger partial charge < -0.3 is 4.57 Å². The first-order valence-electron chi connectivity index (χ1n) is 8.61.